The van der Waals surface area contributed by atoms with E-state index >= 15 is 0 Å². The van der Waals surface area contributed by atoms with E-state index in [0.29, 0.717) is 0 Å². The number of halogens is 1. The summed E-state index contributed by atoms with van der Waals surface area (Å²) >= 11 is 3.45. The molecule has 1 aromatic carbocycles. The Kier molecular flexibility index (Phi) is 5.86. The predicted molar refractivity (Wildman–Crippen MR) is 83.1 cm³/mol. The van der Waals surface area contributed by atoms with E-state index in [2.05, 4.69) is 52.1 Å². The summed E-state index contributed by atoms with van der Waals surface area (Å²) in [6.45, 7) is 1.67. The van der Waals surface area contributed by atoms with Crippen LogP contribution < -0.4 is 0 Å². The molecule has 1 fully saturated rings. The van der Waals surface area contributed by atoms with Crippen molar-refractivity contribution in [2.45, 2.75) is 44.8 Å². The molecule has 0 saturated heterocycles. The smallest absolute Gasteiger partial charge is 0.0669 e. The number of benzene rings is 1. The zero-order valence-corrected chi connectivity index (χ0v) is 13.3. The molecule has 0 radical (unpaired) electrons. The highest BCUT2D eigenvalue weighted by molar-refractivity contribution is 9.10. The third-order valence-electron chi connectivity index (χ3n) is 3.97. The molecular weight excluding hydrogens is 302 g/mol. The molecular formula is C16H24BrNO. The van der Waals surface area contributed by atoms with Gasteiger partial charge in [0.25, 0.3) is 0 Å². The topological polar surface area (TPSA) is 23.5 Å². The average Bonchev–Trinajstić information content (AvgIpc) is 2.84. The maximum Gasteiger partial charge on any atom is 0.0669 e. The van der Waals surface area contributed by atoms with Gasteiger partial charge in [0.2, 0.25) is 0 Å². The van der Waals surface area contributed by atoms with Gasteiger partial charge in [0.15, 0.2) is 0 Å². The van der Waals surface area contributed by atoms with Gasteiger partial charge in [-0.15, -0.1) is 0 Å². The lowest BCUT2D eigenvalue weighted by Crippen LogP contribution is -2.30. The van der Waals surface area contributed by atoms with Gasteiger partial charge in [-0.1, -0.05) is 53.7 Å². The Morgan fingerprint density at radius 2 is 1.89 bits per heavy atom. The summed E-state index contributed by atoms with van der Waals surface area (Å²) < 4.78 is 1.11. The Morgan fingerprint density at radius 1 is 1.26 bits per heavy atom. The highest BCUT2D eigenvalue weighted by Crippen LogP contribution is 2.28. The molecule has 0 spiro atoms. The van der Waals surface area contributed by atoms with Crippen LogP contribution in [0.5, 0.6) is 0 Å². The fourth-order valence-electron chi connectivity index (χ4n) is 3.03. The molecule has 0 bridgehead atoms. The van der Waals surface area contributed by atoms with E-state index < -0.39 is 0 Å². The molecule has 1 aliphatic rings. The van der Waals surface area contributed by atoms with E-state index in [0.717, 1.165) is 29.9 Å². The number of nitrogens with zero attached hydrogens (tertiary/aromatic N) is 1. The van der Waals surface area contributed by atoms with Crippen molar-refractivity contribution >= 4 is 15.9 Å². The normalized spacial score (nSPS) is 18.1. The van der Waals surface area contributed by atoms with E-state index in [1.54, 1.807) is 0 Å². The number of rotatable bonds is 6. The Morgan fingerprint density at radius 3 is 2.53 bits per heavy atom. The molecule has 3 heteroatoms. The first-order valence-electron chi connectivity index (χ1n) is 7.24. The molecule has 2 nitrogen and oxygen atoms in total. The van der Waals surface area contributed by atoms with E-state index in [1.807, 2.05) is 0 Å². The molecule has 0 aromatic heterocycles. The van der Waals surface area contributed by atoms with Crippen molar-refractivity contribution in [1.82, 2.24) is 4.90 Å². The molecule has 0 heterocycles. The second kappa shape index (κ2) is 7.41. The molecule has 0 amide bonds. The Bertz CT molecular complexity index is 373. The van der Waals surface area contributed by atoms with E-state index in [4.69, 9.17) is 0 Å². The van der Waals surface area contributed by atoms with Crippen LogP contribution in [-0.4, -0.2) is 29.7 Å². The van der Waals surface area contributed by atoms with Crippen molar-refractivity contribution < 1.29 is 5.11 Å². The summed E-state index contributed by atoms with van der Waals surface area (Å²) in [4.78, 5) is 2.21. The van der Waals surface area contributed by atoms with Gasteiger partial charge < -0.3 is 5.11 Å². The molecule has 1 N–H and O–H groups in total. The third-order valence-corrected chi connectivity index (χ3v) is 4.50. The summed E-state index contributed by atoms with van der Waals surface area (Å²) in [5, 5.41) is 10.2. The Labute approximate surface area is 124 Å². The molecule has 1 aromatic rings. The van der Waals surface area contributed by atoms with Gasteiger partial charge in [-0.05, 0) is 37.1 Å². The van der Waals surface area contributed by atoms with Crippen LogP contribution in [0.2, 0.25) is 0 Å². The van der Waals surface area contributed by atoms with Crippen LogP contribution >= 0.6 is 15.9 Å². The average molecular weight is 326 g/mol. The summed E-state index contributed by atoms with van der Waals surface area (Å²) in [6, 6.07) is 8.39. The van der Waals surface area contributed by atoms with Crippen LogP contribution in [0.15, 0.2) is 28.7 Å². The number of hydrogen-bond donors (Lipinski definition) is 1. The zero-order chi connectivity index (χ0) is 13.7. The second-order valence-corrected chi connectivity index (χ2v) is 6.78. The SMILES string of the molecule is CN(Cc1ccc(Br)cc1)CC(O)CC1CCCC1. The maximum atomic E-state index is 10.2. The lowest BCUT2D eigenvalue weighted by atomic mass is 10.00. The second-order valence-electron chi connectivity index (χ2n) is 5.86. The minimum Gasteiger partial charge on any atom is -0.392 e. The van der Waals surface area contributed by atoms with Crippen LogP contribution in [0, 0.1) is 5.92 Å². The van der Waals surface area contributed by atoms with E-state index in [1.165, 1.54) is 31.2 Å². The van der Waals surface area contributed by atoms with Gasteiger partial charge in [0, 0.05) is 17.6 Å². The van der Waals surface area contributed by atoms with Gasteiger partial charge in [-0.25, -0.2) is 0 Å². The molecule has 1 atom stereocenters. The lowest BCUT2D eigenvalue weighted by Gasteiger charge is -2.22. The summed E-state index contributed by atoms with van der Waals surface area (Å²) in [7, 11) is 2.08. The predicted octanol–water partition coefficient (Wildman–Crippen LogP) is 3.82. The van der Waals surface area contributed by atoms with Crippen molar-refractivity contribution in [2.24, 2.45) is 5.92 Å². The van der Waals surface area contributed by atoms with Crippen molar-refractivity contribution in [3.63, 3.8) is 0 Å². The van der Waals surface area contributed by atoms with Crippen molar-refractivity contribution in [3.05, 3.63) is 34.3 Å². The quantitative estimate of drug-likeness (QED) is 0.859. The number of aliphatic hydroxyl groups excluding tert-OH is 1. The molecule has 2 rings (SSSR count). The van der Waals surface area contributed by atoms with Gasteiger partial charge in [0.05, 0.1) is 6.10 Å². The van der Waals surface area contributed by atoms with Gasteiger partial charge in [-0.2, -0.15) is 0 Å². The largest absolute Gasteiger partial charge is 0.392 e. The monoisotopic (exact) mass is 325 g/mol. The Hall–Kier alpha value is -0.380. The highest BCUT2D eigenvalue weighted by atomic mass is 79.9. The standard InChI is InChI=1S/C16H24BrNO/c1-18(11-14-6-8-15(17)9-7-14)12-16(19)10-13-4-2-3-5-13/h6-9,13,16,19H,2-5,10-12H2,1H3. The lowest BCUT2D eigenvalue weighted by molar-refractivity contribution is 0.0994. The van der Waals surface area contributed by atoms with Crippen LogP contribution in [0.4, 0.5) is 0 Å². The van der Waals surface area contributed by atoms with Crippen molar-refractivity contribution in [2.75, 3.05) is 13.6 Å². The summed E-state index contributed by atoms with van der Waals surface area (Å²) in [5.41, 5.74) is 1.29. The summed E-state index contributed by atoms with van der Waals surface area (Å²) in [6.07, 6.45) is 6.13. The number of hydrogen-bond acceptors (Lipinski definition) is 2. The molecule has 1 saturated carbocycles. The van der Waals surface area contributed by atoms with Crippen molar-refractivity contribution in [3.8, 4) is 0 Å². The molecule has 106 valence electrons. The van der Waals surface area contributed by atoms with Gasteiger partial charge in [0.1, 0.15) is 0 Å². The van der Waals surface area contributed by atoms with E-state index in [9.17, 15) is 5.11 Å². The molecule has 19 heavy (non-hydrogen) atoms. The van der Waals surface area contributed by atoms with Gasteiger partial charge in [-0.3, -0.25) is 4.90 Å². The molecule has 1 unspecified atom stereocenters. The van der Waals surface area contributed by atoms with Crippen LogP contribution in [0.25, 0.3) is 0 Å². The molecule has 0 aliphatic heterocycles. The van der Waals surface area contributed by atoms with Crippen LogP contribution in [-0.2, 0) is 6.54 Å². The molecule has 1 aliphatic carbocycles. The van der Waals surface area contributed by atoms with Crippen molar-refractivity contribution in [1.29, 1.82) is 0 Å². The maximum absolute atomic E-state index is 10.2. The van der Waals surface area contributed by atoms with E-state index in [-0.39, 0.29) is 6.10 Å². The number of likely N-dealkylation sites (N-methyl/N-ethyl adjacent to an activating group) is 1. The zero-order valence-electron chi connectivity index (χ0n) is 11.7. The first-order chi connectivity index (χ1) is 9.13. The summed E-state index contributed by atoms with van der Waals surface area (Å²) in [5.74, 6) is 0.760. The fourth-order valence-corrected chi connectivity index (χ4v) is 3.30. The minimum atomic E-state index is -0.177. The fraction of sp³-hybridized carbons (Fsp3) is 0.625. The Balaban J connectivity index is 1.73. The first kappa shape index (κ1) is 15.0. The minimum absolute atomic E-state index is 0.177. The highest BCUT2D eigenvalue weighted by Gasteiger charge is 2.19. The first-order valence-corrected chi connectivity index (χ1v) is 8.04. The number of aliphatic hydroxyl groups is 1. The van der Waals surface area contributed by atoms with Crippen LogP contribution in [0.3, 0.4) is 0 Å². The third kappa shape index (κ3) is 5.25. The van der Waals surface area contributed by atoms with Gasteiger partial charge >= 0.3 is 0 Å². The van der Waals surface area contributed by atoms with Crippen LogP contribution in [0.1, 0.15) is 37.7 Å².